The number of piperidine rings is 1. The van der Waals surface area contributed by atoms with Gasteiger partial charge in [0.1, 0.15) is 17.4 Å². The first-order valence-corrected chi connectivity index (χ1v) is 10.5. The summed E-state index contributed by atoms with van der Waals surface area (Å²) in [5.41, 5.74) is 3.39. The summed E-state index contributed by atoms with van der Waals surface area (Å²) in [5, 5.41) is 0. The van der Waals surface area contributed by atoms with Crippen LogP contribution in [0.2, 0.25) is 0 Å². The van der Waals surface area contributed by atoms with E-state index in [9.17, 15) is 13.6 Å². The van der Waals surface area contributed by atoms with E-state index >= 15 is 0 Å². The largest absolute Gasteiger partial charge is 0.495 e. The first-order chi connectivity index (χ1) is 15.4. The summed E-state index contributed by atoms with van der Waals surface area (Å²) in [6.07, 6.45) is 6.85. The number of ether oxygens (including phenoxy) is 1. The number of aryl methyl sites for hydroxylation is 1. The predicted molar refractivity (Wildman–Crippen MR) is 119 cm³/mol. The molecule has 1 amide bonds. The summed E-state index contributed by atoms with van der Waals surface area (Å²) in [7, 11) is 1.60. The van der Waals surface area contributed by atoms with Crippen LogP contribution in [0.15, 0.2) is 54.5 Å². The second-order valence-corrected chi connectivity index (χ2v) is 7.97. The molecule has 2 heterocycles. The van der Waals surface area contributed by atoms with E-state index in [1.54, 1.807) is 25.3 Å². The third kappa shape index (κ3) is 4.28. The van der Waals surface area contributed by atoms with Crippen molar-refractivity contribution in [3.8, 4) is 11.4 Å². The van der Waals surface area contributed by atoms with E-state index in [0.29, 0.717) is 24.3 Å². The molecule has 1 aliphatic rings. The van der Waals surface area contributed by atoms with Crippen LogP contribution in [-0.2, 0) is 4.79 Å². The summed E-state index contributed by atoms with van der Waals surface area (Å²) >= 11 is 0. The molecule has 0 aliphatic carbocycles. The summed E-state index contributed by atoms with van der Waals surface area (Å²) in [6, 6.07) is 8.48. The van der Waals surface area contributed by atoms with Gasteiger partial charge in [-0.2, -0.15) is 0 Å². The zero-order chi connectivity index (χ0) is 22.8. The Balaban J connectivity index is 1.61. The molecule has 1 saturated heterocycles. The first-order valence-electron chi connectivity index (χ1n) is 10.5. The quantitative estimate of drug-likeness (QED) is 0.513. The number of methoxy groups -OCH3 is 1. The zero-order valence-electron chi connectivity index (χ0n) is 18.3. The van der Waals surface area contributed by atoms with Gasteiger partial charge < -0.3 is 14.2 Å². The Bertz CT molecular complexity index is 1190. The third-order valence-corrected chi connectivity index (χ3v) is 5.79. The molecule has 0 spiro atoms. The van der Waals surface area contributed by atoms with E-state index in [1.807, 2.05) is 42.0 Å². The van der Waals surface area contributed by atoms with Crippen molar-refractivity contribution in [1.82, 2.24) is 14.5 Å². The fourth-order valence-corrected chi connectivity index (χ4v) is 4.09. The lowest BCUT2D eigenvalue weighted by atomic mass is 9.97. The SMILES string of the molecule is COc1cc(/C=C2\CCCN([C@H](C)c3cc(F)ccc3F)C2=O)ccc1-n1cnc(C)c1. The van der Waals surface area contributed by atoms with Crippen molar-refractivity contribution in [2.45, 2.75) is 32.7 Å². The lowest BCUT2D eigenvalue weighted by Gasteiger charge is -2.34. The maximum Gasteiger partial charge on any atom is 0.250 e. The van der Waals surface area contributed by atoms with E-state index in [2.05, 4.69) is 4.98 Å². The second kappa shape index (κ2) is 8.94. The fourth-order valence-electron chi connectivity index (χ4n) is 4.09. The van der Waals surface area contributed by atoms with Crippen LogP contribution in [0, 0.1) is 18.6 Å². The highest BCUT2D eigenvalue weighted by Crippen LogP contribution is 2.31. The molecular weight excluding hydrogens is 412 g/mol. The normalized spacial score (nSPS) is 16.5. The number of hydrogen-bond acceptors (Lipinski definition) is 3. The van der Waals surface area contributed by atoms with Crippen LogP contribution < -0.4 is 4.74 Å². The lowest BCUT2D eigenvalue weighted by molar-refractivity contribution is -0.130. The van der Waals surface area contributed by atoms with E-state index < -0.39 is 17.7 Å². The molecule has 166 valence electrons. The van der Waals surface area contributed by atoms with Gasteiger partial charge in [-0.25, -0.2) is 13.8 Å². The van der Waals surface area contributed by atoms with Crippen LogP contribution in [0.25, 0.3) is 11.8 Å². The smallest absolute Gasteiger partial charge is 0.250 e. The van der Waals surface area contributed by atoms with Crippen LogP contribution in [-0.4, -0.2) is 34.0 Å². The van der Waals surface area contributed by atoms with Gasteiger partial charge in [0, 0.05) is 23.9 Å². The minimum Gasteiger partial charge on any atom is -0.495 e. The number of likely N-dealkylation sites (tertiary alicyclic amines) is 1. The van der Waals surface area contributed by atoms with Crippen molar-refractivity contribution in [3.63, 3.8) is 0 Å². The van der Waals surface area contributed by atoms with Crippen molar-refractivity contribution in [2.24, 2.45) is 0 Å². The highest BCUT2D eigenvalue weighted by atomic mass is 19.1. The van der Waals surface area contributed by atoms with E-state index in [1.165, 1.54) is 0 Å². The lowest BCUT2D eigenvalue weighted by Crippen LogP contribution is -2.39. The summed E-state index contributed by atoms with van der Waals surface area (Å²) in [6.45, 7) is 4.14. The number of carbonyl (C=O) groups excluding carboxylic acids is 1. The monoisotopic (exact) mass is 437 g/mol. The Kier molecular flexibility index (Phi) is 6.08. The maximum absolute atomic E-state index is 14.3. The second-order valence-electron chi connectivity index (χ2n) is 7.97. The van der Waals surface area contributed by atoms with Gasteiger partial charge in [0.25, 0.3) is 0 Å². The average molecular weight is 437 g/mol. The maximum atomic E-state index is 14.3. The van der Waals surface area contributed by atoms with Crippen LogP contribution in [0.1, 0.15) is 42.6 Å². The standard InChI is InChI=1S/C25H25F2N3O2/c1-16-14-29(15-28-16)23-9-6-18(12-24(23)32-3)11-19-5-4-10-30(25(19)31)17(2)21-13-20(26)7-8-22(21)27/h6-9,11-15,17H,4-5,10H2,1-3H3/b19-11+/t17-/m1/s1. The van der Waals surface area contributed by atoms with Gasteiger partial charge >= 0.3 is 0 Å². The number of rotatable bonds is 5. The molecule has 4 rings (SSSR count). The highest BCUT2D eigenvalue weighted by Gasteiger charge is 2.29. The number of benzene rings is 2. The number of imidazole rings is 1. The number of halogens is 2. The molecule has 0 unspecified atom stereocenters. The van der Waals surface area contributed by atoms with E-state index in [4.69, 9.17) is 4.74 Å². The fraction of sp³-hybridized carbons (Fsp3) is 0.280. The van der Waals surface area contributed by atoms with Crippen molar-refractivity contribution in [1.29, 1.82) is 0 Å². The molecule has 0 saturated carbocycles. The molecule has 2 aromatic carbocycles. The molecule has 1 fully saturated rings. The van der Waals surface area contributed by atoms with Gasteiger partial charge in [0.05, 0.1) is 30.9 Å². The van der Waals surface area contributed by atoms with Crippen molar-refractivity contribution in [2.75, 3.05) is 13.7 Å². The molecule has 7 heteroatoms. The van der Waals surface area contributed by atoms with Crippen LogP contribution in [0.3, 0.4) is 0 Å². The average Bonchev–Trinajstić information content (AvgIpc) is 3.22. The van der Waals surface area contributed by atoms with Gasteiger partial charge in [-0.1, -0.05) is 6.07 Å². The molecular formula is C25H25F2N3O2. The molecule has 32 heavy (non-hydrogen) atoms. The summed E-state index contributed by atoms with van der Waals surface area (Å²) in [5.74, 6) is -0.542. The highest BCUT2D eigenvalue weighted by molar-refractivity contribution is 5.98. The molecule has 0 radical (unpaired) electrons. The number of nitrogens with zero attached hydrogens (tertiary/aromatic N) is 3. The van der Waals surface area contributed by atoms with E-state index in [0.717, 1.165) is 41.6 Å². The minimum atomic E-state index is -0.566. The van der Waals surface area contributed by atoms with Crippen molar-refractivity contribution >= 4 is 12.0 Å². The zero-order valence-corrected chi connectivity index (χ0v) is 18.3. The number of amides is 1. The van der Waals surface area contributed by atoms with E-state index in [-0.39, 0.29) is 11.5 Å². The Morgan fingerprint density at radius 2 is 2.00 bits per heavy atom. The molecule has 0 bridgehead atoms. The Labute approximate surface area is 186 Å². The predicted octanol–water partition coefficient (Wildman–Crippen LogP) is 5.23. The minimum absolute atomic E-state index is 0.166. The summed E-state index contributed by atoms with van der Waals surface area (Å²) in [4.78, 5) is 19.0. The summed E-state index contributed by atoms with van der Waals surface area (Å²) < 4.78 is 35.4. The van der Waals surface area contributed by atoms with Gasteiger partial charge in [-0.15, -0.1) is 0 Å². The van der Waals surface area contributed by atoms with Gasteiger partial charge in [-0.3, -0.25) is 4.79 Å². The third-order valence-electron chi connectivity index (χ3n) is 5.79. The Hall–Kier alpha value is -3.48. The Morgan fingerprint density at radius 1 is 1.19 bits per heavy atom. The number of hydrogen-bond donors (Lipinski definition) is 0. The number of aromatic nitrogens is 2. The Morgan fingerprint density at radius 3 is 2.72 bits per heavy atom. The molecule has 1 aliphatic heterocycles. The topological polar surface area (TPSA) is 47.4 Å². The van der Waals surface area contributed by atoms with Crippen LogP contribution in [0.4, 0.5) is 8.78 Å². The van der Waals surface area contributed by atoms with Crippen LogP contribution in [0.5, 0.6) is 5.75 Å². The molecule has 0 N–H and O–H groups in total. The first kappa shape index (κ1) is 21.7. The van der Waals surface area contributed by atoms with Crippen molar-refractivity contribution < 1.29 is 18.3 Å². The molecule has 1 aromatic heterocycles. The van der Waals surface area contributed by atoms with Gasteiger partial charge in [0.2, 0.25) is 5.91 Å². The van der Waals surface area contributed by atoms with Gasteiger partial charge in [-0.05, 0) is 68.7 Å². The molecule has 5 nitrogen and oxygen atoms in total. The van der Waals surface area contributed by atoms with Gasteiger partial charge in [0.15, 0.2) is 0 Å². The van der Waals surface area contributed by atoms with Crippen LogP contribution >= 0.6 is 0 Å². The molecule has 1 atom stereocenters. The van der Waals surface area contributed by atoms with Crippen molar-refractivity contribution in [3.05, 3.63) is 83.0 Å². The number of carbonyl (C=O) groups is 1. The molecule has 3 aromatic rings.